The molecule has 0 aliphatic heterocycles. The summed E-state index contributed by atoms with van der Waals surface area (Å²) in [5.74, 6) is -0.205. The Kier molecular flexibility index (Phi) is 52.2. The van der Waals surface area contributed by atoms with E-state index in [4.69, 9.17) is 9.05 Å². The number of carbonyl (C=O) groups excluding carboxylic acids is 1. The lowest BCUT2D eigenvalue weighted by atomic mass is 10.0. The van der Waals surface area contributed by atoms with E-state index in [1.165, 1.54) is 186 Å². The molecule has 3 atom stereocenters. The highest BCUT2D eigenvalue weighted by atomic mass is 31.2. The summed E-state index contributed by atoms with van der Waals surface area (Å²) in [6, 6.07) is -0.904. The number of nitrogens with zero attached hydrogens (tertiary/aromatic N) is 1. The summed E-state index contributed by atoms with van der Waals surface area (Å²) in [6.45, 7) is 4.53. The number of unbranched alkanes of at least 4 members (excludes halogenated alkanes) is 32. The number of rotatable bonds is 55. The number of likely N-dealkylation sites (N-methyl/N-ethyl adjacent to an activating group) is 1. The number of nitrogens with one attached hydrogen (secondary N) is 1. The highest BCUT2D eigenvalue weighted by Crippen LogP contribution is 2.38. The van der Waals surface area contributed by atoms with Gasteiger partial charge in [0.15, 0.2) is 0 Å². The van der Waals surface area contributed by atoms with Crippen molar-refractivity contribution in [2.45, 2.75) is 283 Å². The van der Waals surface area contributed by atoms with Crippen molar-refractivity contribution >= 4 is 13.7 Å². The monoisotopic (exact) mass is 1030 g/mol. The molecule has 1 amide bonds. The molecule has 8 nitrogen and oxygen atoms in total. The maximum absolute atomic E-state index is 13.0. The SMILES string of the molecule is CC/C=C\C/C=C\C/C=C\C/C=C\CCCCCCCCCCCCCCCCCCCCCCCCC(=O)NC(COP(=O)([O-])OCC[N+](C)(C)C)C(O)/C=C/CC/C=C/CCCCCCCCCCC. The van der Waals surface area contributed by atoms with E-state index < -0.39 is 26.6 Å². The molecule has 0 aromatic carbocycles. The normalized spacial score (nSPS) is 14.4. The smallest absolute Gasteiger partial charge is 0.268 e. The van der Waals surface area contributed by atoms with Gasteiger partial charge in [-0.2, -0.15) is 0 Å². The van der Waals surface area contributed by atoms with Gasteiger partial charge in [0.2, 0.25) is 5.91 Å². The molecule has 0 aromatic rings. The lowest BCUT2D eigenvalue weighted by Gasteiger charge is -2.29. The van der Waals surface area contributed by atoms with E-state index >= 15 is 0 Å². The first-order valence-electron chi connectivity index (χ1n) is 30.3. The first-order chi connectivity index (χ1) is 35.0. The number of aliphatic hydroxyl groups is 1. The largest absolute Gasteiger partial charge is 0.756 e. The van der Waals surface area contributed by atoms with Crippen molar-refractivity contribution in [3.63, 3.8) is 0 Å². The van der Waals surface area contributed by atoms with Crippen molar-refractivity contribution in [2.24, 2.45) is 0 Å². The summed E-state index contributed by atoms with van der Waals surface area (Å²) >= 11 is 0. The Hall–Kier alpha value is -2.06. The Bertz CT molecular complexity index is 1400. The standard InChI is InChI=1S/C63H117N2O6P/c1-6-8-10-12-14-16-18-20-22-23-24-25-26-27-28-29-30-31-32-33-34-35-36-37-38-39-40-41-43-45-47-49-51-53-55-57-63(67)64-61(60-71-72(68,69)70-59-58-65(3,4)5)62(66)56-54-52-50-48-46-44-42-21-19-17-15-13-11-9-7-2/h8,10,14,16,20,22,24-25,46,48,54,56,61-62,66H,6-7,9,11-13,15,17-19,21,23,26-45,47,49-53,55,57-60H2,1-5H3,(H-,64,67,68,69)/b10-8-,16-14-,22-20-,25-24-,48-46+,56-54+. The number of allylic oxidation sites excluding steroid dienone is 11. The number of aliphatic hydroxyl groups excluding tert-OH is 1. The molecule has 0 radical (unpaired) electrons. The molecule has 0 heterocycles. The van der Waals surface area contributed by atoms with Crippen LogP contribution in [0.1, 0.15) is 271 Å². The zero-order valence-electron chi connectivity index (χ0n) is 47.9. The van der Waals surface area contributed by atoms with Crippen LogP contribution in [0.3, 0.4) is 0 Å². The van der Waals surface area contributed by atoms with Gasteiger partial charge in [-0.1, -0.05) is 267 Å². The third-order valence-corrected chi connectivity index (χ3v) is 14.4. The molecule has 3 unspecified atom stereocenters. The summed E-state index contributed by atoms with van der Waals surface area (Å²) in [5, 5.41) is 13.8. The third-order valence-electron chi connectivity index (χ3n) is 13.4. The lowest BCUT2D eigenvalue weighted by Crippen LogP contribution is -2.45. The van der Waals surface area contributed by atoms with Crippen LogP contribution in [-0.2, 0) is 18.4 Å². The number of phosphoric acid groups is 1. The Morgan fingerprint density at radius 2 is 0.861 bits per heavy atom. The van der Waals surface area contributed by atoms with Gasteiger partial charge in [-0.3, -0.25) is 9.36 Å². The predicted octanol–water partition coefficient (Wildman–Crippen LogP) is 18.0. The van der Waals surface area contributed by atoms with Gasteiger partial charge in [-0.15, -0.1) is 0 Å². The fraction of sp³-hybridized carbons (Fsp3) is 0.794. The second kappa shape index (κ2) is 53.8. The van der Waals surface area contributed by atoms with E-state index in [1.807, 2.05) is 27.2 Å². The van der Waals surface area contributed by atoms with Crippen molar-refractivity contribution in [1.82, 2.24) is 5.32 Å². The van der Waals surface area contributed by atoms with E-state index in [1.54, 1.807) is 6.08 Å². The summed E-state index contributed by atoms with van der Waals surface area (Å²) < 4.78 is 23.3. The van der Waals surface area contributed by atoms with E-state index in [0.29, 0.717) is 17.4 Å². The van der Waals surface area contributed by atoms with Crippen molar-refractivity contribution in [3.05, 3.63) is 72.9 Å². The summed E-state index contributed by atoms with van der Waals surface area (Å²) in [6.07, 6.45) is 74.3. The van der Waals surface area contributed by atoms with Gasteiger partial charge in [-0.25, -0.2) is 0 Å². The maximum Gasteiger partial charge on any atom is 0.268 e. The van der Waals surface area contributed by atoms with Crippen molar-refractivity contribution < 1.29 is 32.9 Å². The molecule has 9 heteroatoms. The van der Waals surface area contributed by atoms with Crippen LogP contribution in [-0.4, -0.2) is 68.5 Å². The van der Waals surface area contributed by atoms with E-state index in [9.17, 15) is 19.4 Å². The predicted molar refractivity (Wildman–Crippen MR) is 311 cm³/mol. The number of amides is 1. The molecule has 0 saturated carbocycles. The Morgan fingerprint density at radius 3 is 1.29 bits per heavy atom. The van der Waals surface area contributed by atoms with Crippen molar-refractivity contribution in [3.8, 4) is 0 Å². The lowest BCUT2D eigenvalue weighted by molar-refractivity contribution is -0.870. The first-order valence-corrected chi connectivity index (χ1v) is 31.8. The van der Waals surface area contributed by atoms with Crippen LogP contribution >= 0.6 is 7.82 Å². The molecule has 0 aliphatic carbocycles. The van der Waals surface area contributed by atoms with Crippen LogP contribution in [0.4, 0.5) is 0 Å². The van der Waals surface area contributed by atoms with Gasteiger partial charge < -0.3 is 28.8 Å². The maximum atomic E-state index is 13.0. The number of quaternary nitrogens is 1. The van der Waals surface area contributed by atoms with E-state index in [2.05, 4.69) is 79.9 Å². The number of phosphoric ester groups is 1. The van der Waals surface area contributed by atoms with Crippen LogP contribution in [0, 0.1) is 0 Å². The van der Waals surface area contributed by atoms with Crippen LogP contribution in [0.5, 0.6) is 0 Å². The molecule has 2 N–H and O–H groups in total. The zero-order valence-corrected chi connectivity index (χ0v) is 48.8. The first kappa shape index (κ1) is 69.9. The summed E-state index contributed by atoms with van der Waals surface area (Å²) in [4.78, 5) is 25.5. The Labute approximate surface area is 446 Å². The van der Waals surface area contributed by atoms with E-state index in [0.717, 1.165) is 64.2 Å². The minimum absolute atomic E-state index is 0.00665. The topological polar surface area (TPSA) is 108 Å². The van der Waals surface area contributed by atoms with Crippen molar-refractivity contribution in [2.75, 3.05) is 40.9 Å². The highest BCUT2D eigenvalue weighted by Gasteiger charge is 2.23. The number of carbonyl (C=O) groups is 1. The highest BCUT2D eigenvalue weighted by molar-refractivity contribution is 7.45. The fourth-order valence-electron chi connectivity index (χ4n) is 8.69. The second-order valence-corrected chi connectivity index (χ2v) is 23.1. The molecule has 0 spiro atoms. The quantitative estimate of drug-likeness (QED) is 0.0272. The van der Waals surface area contributed by atoms with E-state index in [-0.39, 0.29) is 12.5 Å². The van der Waals surface area contributed by atoms with Crippen LogP contribution in [0.15, 0.2) is 72.9 Å². The number of hydrogen-bond donors (Lipinski definition) is 2. The van der Waals surface area contributed by atoms with Gasteiger partial charge in [0.1, 0.15) is 13.2 Å². The Balaban J connectivity index is 4.01. The molecule has 0 rings (SSSR count). The minimum atomic E-state index is -4.60. The van der Waals surface area contributed by atoms with Gasteiger partial charge in [0.25, 0.3) is 7.82 Å². The molecule has 72 heavy (non-hydrogen) atoms. The molecular weight excluding hydrogens is 912 g/mol. The average molecular weight is 1030 g/mol. The molecule has 0 bridgehead atoms. The van der Waals surface area contributed by atoms with Crippen LogP contribution < -0.4 is 10.2 Å². The van der Waals surface area contributed by atoms with Crippen LogP contribution in [0.2, 0.25) is 0 Å². The zero-order chi connectivity index (χ0) is 52.7. The molecule has 0 aliphatic rings. The van der Waals surface area contributed by atoms with Crippen LogP contribution in [0.25, 0.3) is 0 Å². The minimum Gasteiger partial charge on any atom is -0.756 e. The van der Waals surface area contributed by atoms with Gasteiger partial charge in [0, 0.05) is 6.42 Å². The molecule has 0 aromatic heterocycles. The second-order valence-electron chi connectivity index (χ2n) is 21.7. The molecule has 420 valence electrons. The van der Waals surface area contributed by atoms with Crippen molar-refractivity contribution in [1.29, 1.82) is 0 Å². The van der Waals surface area contributed by atoms with Gasteiger partial charge in [-0.05, 0) is 70.6 Å². The molecular formula is C63H117N2O6P. The fourth-order valence-corrected chi connectivity index (χ4v) is 9.41. The molecule has 0 fully saturated rings. The van der Waals surface area contributed by atoms with Gasteiger partial charge >= 0.3 is 0 Å². The third kappa shape index (κ3) is 55.7. The number of hydrogen-bond acceptors (Lipinski definition) is 6. The van der Waals surface area contributed by atoms with Gasteiger partial charge in [0.05, 0.1) is 39.9 Å². The summed E-state index contributed by atoms with van der Waals surface area (Å²) in [5.41, 5.74) is 0. The average Bonchev–Trinajstić information content (AvgIpc) is 3.34. The molecule has 0 saturated heterocycles. The Morgan fingerprint density at radius 1 is 0.500 bits per heavy atom. The summed E-state index contributed by atoms with van der Waals surface area (Å²) in [7, 11) is 1.25.